The van der Waals surface area contributed by atoms with E-state index >= 15 is 0 Å². The van der Waals surface area contributed by atoms with Gasteiger partial charge in [0.05, 0.1) is 0 Å². The third-order valence-corrected chi connectivity index (χ3v) is 5.78. The second-order valence-electron chi connectivity index (χ2n) is 7.75. The molecule has 0 spiro atoms. The molecule has 6 heteroatoms. The Morgan fingerprint density at radius 3 is 2.73 bits per heavy atom. The van der Waals surface area contributed by atoms with Crippen molar-refractivity contribution >= 4 is 5.91 Å². The van der Waals surface area contributed by atoms with E-state index in [1.807, 2.05) is 37.6 Å². The molecule has 1 aliphatic heterocycles. The Balaban J connectivity index is 1.43. The summed E-state index contributed by atoms with van der Waals surface area (Å²) in [5.74, 6) is 1.14. The van der Waals surface area contributed by atoms with Gasteiger partial charge in [-0.15, -0.1) is 0 Å². The largest absolute Gasteiger partial charge is 0.354 e. The molecular formula is C20H27N5O. The Bertz CT molecular complexity index is 747. The van der Waals surface area contributed by atoms with Crippen molar-refractivity contribution in [1.29, 1.82) is 0 Å². The fraction of sp³-hybridized carbons (Fsp3) is 0.550. The molecule has 6 nitrogen and oxygen atoms in total. The number of imidazole rings is 1. The molecule has 1 saturated heterocycles. The van der Waals surface area contributed by atoms with E-state index in [2.05, 4.69) is 24.8 Å². The van der Waals surface area contributed by atoms with Crippen LogP contribution in [0.15, 0.2) is 36.9 Å². The first-order valence-electron chi connectivity index (χ1n) is 9.56. The van der Waals surface area contributed by atoms with Gasteiger partial charge in [0.2, 0.25) is 5.91 Å². The van der Waals surface area contributed by atoms with E-state index in [1.54, 1.807) is 6.20 Å². The van der Waals surface area contributed by atoms with Crippen LogP contribution in [0.1, 0.15) is 43.1 Å². The SMILES string of the molecule is Cc1nccn1CC1(CNC(=O)[C@@H](c2cccnc2)N2CCCC2)CC1. The van der Waals surface area contributed by atoms with Crippen LogP contribution in [0.4, 0.5) is 0 Å². The van der Waals surface area contributed by atoms with Crippen LogP contribution in [-0.4, -0.2) is 45.0 Å². The van der Waals surface area contributed by atoms with Crippen LogP contribution < -0.4 is 5.32 Å². The lowest BCUT2D eigenvalue weighted by Crippen LogP contribution is -2.42. The van der Waals surface area contributed by atoms with Gasteiger partial charge in [-0.3, -0.25) is 14.7 Å². The van der Waals surface area contributed by atoms with Gasteiger partial charge in [0.25, 0.3) is 0 Å². The quantitative estimate of drug-likeness (QED) is 0.830. The highest BCUT2D eigenvalue weighted by molar-refractivity contribution is 5.83. The van der Waals surface area contributed by atoms with Crippen molar-refractivity contribution in [2.24, 2.45) is 5.41 Å². The highest BCUT2D eigenvalue weighted by atomic mass is 16.2. The number of rotatable bonds is 7. The second-order valence-corrected chi connectivity index (χ2v) is 7.75. The summed E-state index contributed by atoms with van der Waals surface area (Å²) in [7, 11) is 0. The van der Waals surface area contributed by atoms with E-state index in [0.717, 1.165) is 63.3 Å². The first-order chi connectivity index (χ1) is 12.7. The average Bonchev–Trinajstić information content (AvgIpc) is 3.01. The number of nitrogens with zero attached hydrogens (tertiary/aromatic N) is 4. The minimum Gasteiger partial charge on any atom is -0.354 e. The summed E-state index contributed by atoms with van der Waals surface area (Å²) in [5, 5.41) is 3.25. The summed E-state index contributed by atoms with van der Waals surface area (Å²) < 4.78 is 2.19. The highest BCUT2D eigenvalue weighted by Gasteiger charge is 2.44. The van der Waals surface area contributed by atoms with E-state index in [9.17, 15) is 4.79 Å². The van der Waals surface area contributed by atoms with Crippen molar-refractivity contribution in [1.82, 2.24) is 24.8 Å². The smallest absolute Gasteiger partial charge is 0.242 e. The molecule has 0 unspecified atom stereocenters. The molecule has 4 rings (SSSR count). The predicted octanol–water partition coefficient (Wildman–Crippen LogP) is 2.32. The molecule has 2 fully saturated rings. The summed E-state index contributed by atoms with van der Waals surface area (Å²) in [6.45, 7) is 5.65. The number of carbonyl (C=O) groups excluding carboxylic acids is 1. The molecule has 1 amide bonds. The summed E-state index contributed by atoms with van der Waals surface area (Å²) in [6.07, 6.45) is 12.1. The molecule has 0 radical (unpaired) electrons. The number of nitrogens with one attached hydrogen (secondary N) is 1. The van der Waals surface area contributed by atoms with Crippen LogP contribution in [-0.2, 0) is 11.3 Å². The molecule has 3 heterocycles. The number of amides is 1. The van der Waals surface area contributed by atoms with Gasteiger partial charge < -0.3 is 9.88 Å². The zero-order valence-corrected chi connectivity index (χ0v) is 15.4. The molecule has 1 saturated carbocycles. The van der Waals surface area contributed by atoms with Gasteiger partial charge in [-0.2, -0.15) is 0 Å². The van der Waals surface area contributed by atoms with E-state index in [0.29, 0.717) is 0 Å². The molecule has 1 atom stereocenters. The summed E-state index contributed by atoms with van der Waals surface area (Å²) in [5.41, 5.74) is 1.17. The van der Waals surface area contributed by atoms with Gasteiger partial charge in [-0.05, 0) is 57.3 Å². The van der Waals surface area contributed by atoms with Crippen molar-refractivity contribution in [3.05, 3.63) is 48.3 Å². The normalized spacial score (nSPS) is 20.0. The number of pyridine rings is 1. The Morgan fingerprint density at radius 2 is 2.12 bits per heavy atom. The van der Waals surface area contributed by atoms with E-state index in [-0.39, 0.29) is 17.4 Å². The molecule has 1 aliphatic carbocycles. The lowest BCUT2D eigenvalue weighted by molar-refractivity contribution is -0.126. The summed E-state index contributed by atoms with van der Waals surface area (Å²) in [4.78, 5) is 23.9. The summed E-state index contributed by atoms with van der Waals surface area (Å²) >= 11 is 0. The third kappa shape index (κ3) is 3.65. The molecule has 138 valence electrons. The first kappa shape index (κ1) is 17.2. The Labute approximate surface area is 154 Å². The Kier molecular flexibility index (Phi) is 4.76. The van der Waals surface area contributed by atoms with Crippen LogP contribution >= 0.6 is 0 Å². The lowest BCUT2D eigenvalue weighted by atomic mass is 10.0. The lowest BCUT2D eigenvalue weighted by Gasteiger charge is -2.27. The number of aromatic nitrogens is 3. The number of carbonyl (C=O) groups is 1. The van der Waals surface area contributed by atoms with Crippen molar-refractivity contribution in [2.45, 2.75) is 45.2 Å². The summed E-state index contributed by atoms with van der Waals surface area (Å²) in [6, 6.07) is 3.70. The molecule has 0 bridgehead atoms. The predicted molar refractivity (Wildman–Crippen MR) is 99.4 cm³/mol. The maximum Gasteiger partial charge on any atom is 0.242 e. The molecule has 0 aromatic carbocycles. The number of aryl methyl sites for hydroxylation is 1. The van der Waals surface area contributed by atoms with Crippen molar-refractivity contribution in [3.63, 3.8) is 0 Å². The molecule has 1 N–H and O–H groups in total. The minimum atomic E-state index is -0.225. The van der Waals surface area contributed by atoms with Gasteiger partial charge in [-0.25, -0.2) is 4.98 Å². The number of hydrogen-bond donors (Lipinski definition) is 1. The maximum absolute atomic E-state index is 13.1. The van der Waals surface area contributed by atoms with Crippen LogP contribution in [0.3, 0.4) is 0 Å². The molecule has 2 aromatic rings. The van der Waals surface area contributed by atoms with Gasteiger partial charge in [0.15, 0.2) is 0 Å². The van der Waals surface area contributed by atoms with E-state index < -0.39 is 0 Å². The molecule has 2 aliphatic rings. The fourth-order valence-electron chi connectivity index (χ4n) is 3.94. The standard InChI is InChI=1S/C20H27N5O/c1-16-22-9-12-25(16)15-20(6-7-20)14-23-19(26)18(24-10-2-3-11-24)17-5-4-8-21-13-17/h4-5,8-9,12-13,18H,2-3,6-7,10-11,14-15H2,1H3,(H,23,26)/t18-/m1/s1. The van der Waals surface area contributed by atoms with Crippen molar-refractivity contribution < 1.29 is 4.79 Å². The highest BCUT2D eigenvalue weighted by Crippen LogP contribution is 2.46. The van der Waals surface area contributed by atoms with Crippen LogP contribution in [0, 0.1) is 12.3 Å². The van der Waals surface area contributed by atoms with Crippen LogP contribution in [0.2, 0.25) is 0 Å². The third-order valence-electron chi connectivity index (χ3n) is 5.78. The fourth-order valence-corrected chi connectivity index (χ4v) is 3.94. The average molecular weight is 353 g/mol. The van der Waals surface area contributed by atoms with Crippen molar-refractivity contribution in [2.75, 3.05) is 19.6 Å². The van der Waals surface area contributed by atoms with Crippen molar-refractivity contribution in [3.8, 4) is 0 Å². The number of likely N-dealkylation sites (tertiary alicyclic amines) is 1. The van der Waals surface area contributed by atoms with Gasteiger partial charge in [0, 0.05) is 43.3 Å². The molecule has 2 aromatic heterocycles. The Hall–Kier alpha value is -2.21. The second kappa shape index (κ2) is 7.19. The minimum absolute atomic E-state index is 0.105. The monoisotopic (exact) mass is 353 g/mol. The van der Waals surface area contributed by atoms with Gasteiger partial charge in [-0.1, -0.05) is 6.07 Å². The zero-order valence-electron chi connectivity index (χ0n) is 15.4. The zero-order chi connectivity index (χ0) is 18.0. The van der Waals surface area contributed by atoms with E-state index in [4.69, 9.17) is 0 Å². The molecular weight excluding hydrogens is 326 g/mol. The Morgan fingerprint density at radius 1 is 1.31 bits per heavy atom. The maximum atomic E-state index is 13.1. The van der Waals surface area contributed by atoms with Gasteiger partial charge >= 0.3 is 0 Å². The van der Waals surface area contributed by atoms with Crippen LogP contribution in [0.25, 0.3) is 0 Å². The van der Waals surface area contributed by atoms with Gasteiger partial charge in [0.1, 0.15) is 11.9 Å². The van der Waals surface area contributed by atoms with Crippen LogP contribution in [0.5, 0.6) is 0 Å². The molecule has 26 heavy (non-hydrogen) atoms. The number of hydrogen-bond acceptors (Lipinski definition) is 4. The first-order valence-corrected chi connectivity index (χ1v) is 9.56. The van der Waals surface area contributed by atoms with E-state index in [1.165, 1.54) is 0 Å². The topological polar surface area (TPSA) is 63.1 Å².